The number of Topliss-reactive ketones (excluding diaryl/α,β-unsaturated/α-hetero) is 1. The van der Waals surface area contributed by atoms with Gasteiger partial charge in [-0.2, -0.15) is 0 Å². The van der Waals surface area contributed by atoms with E-state index in [2.05, 4.69) is 10.0 Å². The molecule has 0 bridgehead atoms. The number of nitrogens with one attached hydrogen (secondary N) is 2. The van der Waals surface area contributed by atoms with Crippen LogP contribution in [0.15, 0.2) is 77.7 Å². The van der Waals surface area contributed by atoms with E-state index >= 15 is 0 Å². The fourth-order valence-electron chi connectivity index (χ4n) is 3.89. The summed E-state index contributed by atoms with van der Waals surface area (Å²) in [7, 11) is -2.48. The van der Waals surface area contributed by atoms with Gasteiger partial charge in [0.2, 0.25) is 10.0 Å². The second-order valence-corrected chi connectivity index (χ2v) is 10.4. The first-order chi connectivity index (χ1) is 17.7. The predicted octanol–water partition coefficient (Wildman–Crippen LogP) is 2.66. The largest absolute Gasteiger partial charge is 0.495 e. The van der Waals surface area contributed by atoms with Crippen molar-refractivity contribution in [2.45, 2.75) is 29.8 Å². The van der Waals surface area contributed by atoms with Gasteiger partial charge in [-0.1, -0.05) is 36.4 Å². The number of carbonyl (C=O) groups is 2. The number of ether oxygens (including phenoxy) is 2. The number of hydrogen-bond donors (Lipinski definition) is 2. The van der Waals surface area contributed by atoms with E-state index in [0.29, 0.717) is 18.8 Å². The standard InChI is InChI=1S/C27H27FN2O6S/c1-35-25-15-19(7-12-26(25)37(33,34)30-22-16-36-17-22)14-24(31)23(13-18-5-3-2-4-6-18)29-27(32)20-8-10-21(28)11-9-20/h2-12,15,22-23,30H,13-14,16-17H2,1H3,(H,29,32)/t23-/m0/s1. The zero-order chi connectivity index (χ0) is 26.4. The smallest absolute Gasteiger partial charge is 0.251 e. The number of halogens is 1. The van der Waals surface area contributed by atoms with Crippen molar-refractivity contribution in [3.05, 3.63) is 95.3 Å². The lowest BCUT2D eigenvalue weighted by atomic mass is 9.97. The van der Waals surface area contributed by atoms with Crippen molar-refractivity contribution in [1.82, 2.24) is 10.0 Å². The molecule has 0 spiro atoms. The molecule has 0 saturated carbocycles. The van der Waals surface area contributed by atoms with Gasteiger partial charge in [0, 0.05) is 12.0 Å². The summed E-state index contributed by atoms with van der Waals surface area (Å²) in [6, 6.07) is 17.6. The molecule has 194 valence electrons. The number of carbonyl (C=O) groups excluding carboxylic acids is 2. The minimum Gasteiger partial charge on any atom is -0.495 e. The van der Waals surface area contributed by atoms with Crippen LogP contribution in [0.1, 0.15) is 21.5 Å². The molecule has 3 aromatic carbocycles. The molecule has 10 heteroatoms. The molecule has 3 aromatic rings. The summed E-state index contributed by atoms with van der Waals surface area (Å²) in [4.78, 5) is 26.1. The second kappa shape index (κ2) is 11.6. The minimum atomic E-state index is -3.84. The maximum atomic E-state index is 13.4. The van der Waals surface area contributed by atoms with E-state index in [9.17, 15) is 22.4 Å². The van der Waals surface area contributed by atoms with E-state index in [-0.39, 0.29) is 40.9 Å². The molecule has 1 aliphatic rings. The number of amides is 1. The Balaban J connectivity index is 1.53. The zero-order valence-electron chi connectivity index (χ0n) is 20.1. The molecule has 0 aromatic heterocycles. The van der Waals surface area contributed by atoms with Gasteiger partial charge in [-0.25, -0.2) is 17.5 Å². The van der Waals surface area contributed by atoms with E-state index in [1.807, 2.05) is 30.3 Å². The van der Waals surface area contributed by atoms with Crippen LogP contribution in [0.2, 0.25) is 0 Å². The van der Waals surface area contributed by atoms with Crippen molar-refractivity contribution in [2.24, 2.45) is 0 Å². The Hall–Kier alpha value is -3.60. The zero-order valence-corrected chi connectivity index (χ0v) is 21.0. The third-order valence-corrected chi connectivity index (χ3v) is 7.50. The summed E-state index contributed by atoms with van der Waals surface area (Å²) < 4.78 is 51.7. The number of hydrogen-bond acceptors (Lipinski definition) is 6. The summed E-state index contributed by atoms with van der Waals surface area (Å²) >= 11 is 0. The summed E-state index contributed by atoms with van der Waals surface area (Å²) in [6.45, 7) is 0.612. The maximum Gasteiger partial charge on any atom is 0.251 e. The number of sulfonamides is 1. The fourth-order valence-corrected chi connectivity index (χ4v) is 5.25. The molecule has 1 fully saturated rings. The quantitative estimate of drug-likeness (QED) is 0.398. The normalized spacial score (nSPS) is 14.4. The van der Waals surface area contributed by atoms with Crippen LogP contribution in [0.25, 0.3) is 0 Å². The third kappa shape index (κ3) is 6.79. The topological polar surface area (TPSA) is 111 Å². The summed E-state index contributed by atoms with van der Waals surface area (Å²) in [5, 5.41) is 2.76. The van der Waals surface area contributed by atoms with Gasteiger partial charge in [-0.05, 0) is 53.9 Å². The molecule has 0 radical (unpaired) electrons. The first-order valence-corrected chi connectivity index (χ1v) is 13.1. The SMILES string of the molecule is COc1cc(CC(=O)[C@H](Cc2ccccc2)NC(=O)c2ccc(F)cc2)ccc1S(=O)(=O)NC1COC1. The molecule has 8 nitrogen and oxygen atoms in total. The Kier molecular flexibility index (Phi) is 8.32. The first-order valence-electron chi connectivity index (χ1n) is 11.7. The van der Waals surface area contributed by atoms with Gasteiger partial charge in [-0.3, -0.25) is 9.59 Å². The van der Waals surface area contributed by atoms with E-state index in [1.54, 1.807) is 6.07 Å². The van der Waals surface area contributed by atoms with Crippen LogP contribution in [-0.2, 0) is 32.4 Å². The van der Waals surface area contributed by atoms with Gasteiger partial charge in [0.15, 0.2) is 5.78 Å². The monoisotopic (exact) mass is 526 g/mol. The van der Waals surface area contributed by atoms with Crippen LogP contribution in [-0.4, -0.2) is 52.5 Å². The lowest BCUT2D eigenvalue weighted by Crippen LogP contribution is -2.48. The molecule has 0 unspecified atom stereocenters. The molecule has 1 heterocycles. The van der Waals surface area contributed by atoms with Crippen molar-refractivity contribution in [3.63, 3.8) is 0 Å². The minimum absolute atomic E-state index is 0.0384. The van der Waals surface area contributed by atoms with Crippen LogP contribution < -0.4 is 14.8 Å². The Labute approximate surface area is 214 Å². The summed E-state index contributed by atoms with van der Waals surface area (Å²) in [5.41, 5.74) is 1.61. The lowest BCUT2D eigenvalue weighted by molar-refractivity contribution is -0.120. The van der Waals surface area contributed by atoms with Crippen LogP contribution in [0.3, 0.4) is 0 Å². The summed E-state index contributed by atoms with van der Waals surface area (Å²) in [5.74, 6) is -1.14. The molecular weight excluding hydrogens is 499 g/mol. The van der Waals surface area contributed by atoms with Gasteiger partial charge in [-0.15, -0.1) is 0 Å². The molecular formula is C27H27FN2O6S. The number of rotatable bonds is 11. The van der Waals surface area contributed by atoms with Gasteiger partial charge in [0.1, 0.15) is 16.5 Å². The molecule has 2 N–H and O–H groups in total. The third-order valence-electron chi connectivity index (χ3n) is 5.94. The molecule has 1 saturated heterocycles. The highest BCUT2D eigenvalue weighted by atomic mass is 32.2. The van der Waals surface area contributed by atoms with E-state index in [1.165, 1.54) is 43.5 Å². The van der Waals surface area contributed by atoms with Crippen LogP contribution in [0, 0.1) is 5.82 Å². The molecule has 1 atom stereocenters. The molecule has 1 amide bonds. The van der Waals surface area contributed by atoms with E-state index in [4.69, 9.17) is 9.47 Å². The van der Waals surface area contributed by atoms with E-state index in [0.717, 1.165) is 5.56 Å². The highest BCUT2D eigenvalue weighted by Gasteiger charge is 2.28. The number of methoxy groups -OCH3 is 1. The Bertz CT molecular complexity index is 1360. The van der Waals surface area contributed by atoms with Crippen molar-refractivity contribution >= 4 is 21.7 Å². The van der Waals surface area contributed by atoms with Crippen LogP contribution >= 0.6 is 0 Å². The lowest BCUT2D eigenvalue weighted by Gasteiger charge is -2.26. The van der Waals surface area contributed by atoms with Crippen LogP contribution in [0.4, 0.5) is 4.39 Å². The van der Waals surface area contributed by atoms with Gasteiger partial charge in [0.25, 0.3) is 5.91 Å². The molecule has 37 heavy (non-hydrogen) atoms. The average molecular weight is 527 g/mol. The van der Waals surface area contributed by atoms with Gasteiger partial charge in [0.05, 0.1) is 32.4 Å². The highest BCUT2D eigenvalue weighted by Crippen LogP contribution is 2.26. The van der Waals surface area contributed by atoms with Crippen LogP contribution in [0.5, 0.6) is 5.75 Å². The Morgan fingerprint density at radius 3 is 2.35 bits per heavy atom. The highest BCUT2D eigenvalue weighted by molar-refractivity contribution is 7.89. The summed E-state index contributed by atoms with van der Waals surface area (Å²) in [6.07, 6.45) is 0.186. The molecule has 1 aliphatic heterocycles. The fraction of sp³-hybridized carbons (Fsp3) is 0.259. The Morgan fingerprint density at radius 2 is 1.73 bits per heavy atom. The Morgan fingerprint density at radius 1 is 1.03 bits per heavy atom. The molecule has 0 aliphatic carbocycles. The maximum absolute atomic E-state index is 13.4. The van der Waals surface area contributed by atoms with Gasteiger partial charge >= 0.3 is 0 Å². The van der Waals surface area contributed by atoms with Crippen molar-refractivity contribution in [2.75, 3.05) is 20.3 Å². The van der Waals surface area contributed by atoms with Crippen molar-refractivity contribution in [3.8, 4) is 5.75 Å². The van der Waals surface area contributed by atoms with Crippen molar-refractivity contribution < 1.29 is 31.9 Å². The molecule has 4 rings (SSSR count). The predicted molar refractivity (Wildman–Crippen MR) is 134 cm³/mol. The van der Waals surface area contributed by atoms with E-state index < -0.39 is 27.8 Å². The number of benzene rings is 3. The second-order valence-electron chi connectivity index (χ2n) is 8.71. The number of ketones is 1. The average Bonchev–Trinajstić information content (AvgIpc) is 2.86. The van der Waals surface area contributed by atoms with Gasteiger partial charge < -0.3 is 14.8 Å². The van der Waals surface area contributed by atoms with Crippen molar-refractivity contribution in [1.29, 1.82) is 0 Å². The first kappa shape index (κ1) is 26.5.